The van der Waals surface area contributed by atoms with Gasteiger partial charge in [-0.15, -0.1) is 0 Å². The van der Waals surface area contributed by atoms with Gasteiger partial charge in [0, 0.05) is 6.42 Å². The number of ether oxygens (including phenoxy) is 4. The summed E-state index contributed by atoms with van der Waals surface area (Å²) in [5, 5.41) is 0. The molecule has 1 fully saturated rings. The molecule has 34 heavy (non-hydrogen) atoms. The molecule has 1 aliphatic heterocycles. The van der Waals surface area contributed by atoms with Gasteiger partial charge in [0.15, 0.2) is 6.73 Å². The second-order valence-corrected chi connectivity index (χ2v) is 8.66. The largest absolute Gasteiger partial charge is 0.489 e. The first-order valence-corrected chi connectivity index (χ1v) is 10.8. The summed E-state index contributed by atoms with van der Waals surface area (Å²) in [4.78, 5) is 49.8. The minimum absolute atomic E-state index is 0.0591. The van der Waals surface area contributed by atoms with E-state index in [1.807, 2.05) is 30.3 Å². The third-order valence-corrected chi connectivity index (χ3v) is 4.79. The molecule has 1 heterocycles. The molecule has 0 N–H and O–H groups in total. The molecule has 0 aliphatic carbocycles. The van der Waals surface area contributed by atoms with Gasteiger partial charge in [0.05, 0.1) is 5.56 Å². The smallest absolute Gasteiger partial charge is 0.413 e. The normalized spacial score (nSPS) is 15.4. The van der Waals surface area contributed by atoms with E-state index < -0.39 is 35.6 Å². The van der Waals surface area contributed by atoms with E-state index in [9.17, 15) is 19.2 Å². The summed E-state index contributed by atoms with van der Waals surface area (Å²) in [5.41, 5.74) is 0.435. The van der Waals surface area contributed by atoms with Crippen LogP contribution in [0.2, 0.25) is 0 Å². The van der Waals surface area contributed by atoms with Crippen molar-refractivity contribution in [2.45, 2.75) is 51.9 Å². The fourth-order valence-corrected chi connectivity index (χ4v) is 3.12. The van der Waals surface area contributed by atoms with Crippen molar-refractivity contribution in [3.05, 3.63) is 65.7 Å². The molecular formula is C25H27NO8. The monoisotopic (exact) mass is 469 g/mol. The Hall–Kier alpha value is -3.88. The molecule has 0 spiro atoms. The van der Waals surface area contributed by atoms with Crippen molar-refractivity contribution in [2.75, 3.05) is 6.73 Å². The number of benzene rings is 2. The lowest BCUT2D eigenvalue weighted by Gasteiger charge is -2.25. The molecule has 1 aliphatic rings. The van der Waals surface area contributed by atoms with Crippen molar-refractivity contribution < 1.29 is 38.1 Å². The lowest BCUT2D eigenvalue weighted by molar-refractivity contribution is -0.140. The summed E-state index contributed by atoms with van der Waals surface area (Å²) in [6.07, 6.45) is -1.04. The first-order valence-electron chi connectivity index (χ1n) is 10.8. The van der Waals surface area contributed by atoms with E-state index in [0.717, 1.165) is 10.5 Å². The maximum Gasteiger partial charge on any atom is 0.413 e. The predicted octanol–water partition coefficient (Wildman–Crippen LogP) is 3.85. The average Bonchev–Trinajstić information content (AvgIpc) is 3.16. The van der Waals surface area contributed by atoms with Crippen molar-refractivity contribution in [2.24, 2.45) is 0 Å². The number of amides is 1. The van der Waals surface area contributed by atoms with Crippen LogP contribution in [0.4, 0.5) is 4.79 Å². The summed E-state index contributed by atoms with van der Waals surface area (Å²) in [6, 6.07) is 14.8. The number of rotatable bonds is 7. The molecule has 0 radical (unpaired) electrons. The maximum absolute atomic E-state index is 12.3. The Balaban J connectivity index is 1.48. The molecule has 1 amide bonds. The van der Waals surface area contributed by atoms with Crippen molar-refractivity contribution in [1.29, 1.82) is 0 Å². The molecule has 9 heteroatoms. The highest BCUT2D eigenvalue weighted by Gasteiger charge is 2.40. The number of cyclic esters (lactones) is 1. The highest BCUT2D eigenvalue weighted by molar-refractivity contribution is 5.97. The minimum atomic E-state index is -0.987. The third-order valence-electron chi connectivity index (χ3n) is 4.79. The van der Waals surface area contributed by atoms with Gasteiger partial charge in [-0.05, 0) is 57.0 Å². The van der Waals surface area contributed by atoms with Gasteiger partial charge in [0.1, 0.15) is 24.0 Å². The molecule has 0 bridgehead atoms. The number of carbonyl (C=O) groups is 4. The van der Waals surface area contributed by atoms with E-state index in [4.69, 9.17) is 18.9 Å². The van der Waals surface area contributed by atoms with Gasteiger partial charge < -0.3 is 18.9 Å². The predicted molar refractivity (Wildman–Crippen MR) is 120 cm³/mol. The summed E-state index contributed by atoms with van der Waals surface area (Å²) >= 11 is 0. The third kappa shape index (κ3) is 7.06. The van der Waals surface area contributed by atoms with Crippen LogP contribution in [0.5, 0.6) is 5.75 Å². The quantitative estimate of drug-likeness (QED) is 0.342. The Morgan fingerprint density at radius 3 is 2.35 bits per heavy atom. The molecule has 180 valence electrons. The number of hydrogen-bond donors (Lipinski definition) is 0. The van der Waals surface area contributed by atoms with Crippen molar-refractivity contribution >= 4 is 24.0 Å². The lowest BCUT2D eigenvalue weighted by atomic mass is 10.1. The van der Waals surface area contributed by atoms with Crippen LogP contribution in [0.25, 0.3) is 0 Å². The van der Waals surface area contributed by atoms with Crippen LogP contribution in [0.15, 0.2) is 54.6 Å². The van der Waals surface area contributed by atoms with Crippen molar-refractivity contribution in [3.8, 4) is 5.75 Å². The second kappa shape index (κ2) is 10.8. The highest BCUT2D eigenvalue weighted by Crippen LogP contribution is 2.21. The zero-order chi connectivity index (χ0) is 24.7. The van der Waals surface area contributed by atoms with Crippen LogP contribution in [-0.2, 0) is 30.4 Å². The standard InChI is InChI=1S/C25H27NO8/c1-25(2,3)34-24(30)26-16-32-23(29)20(26)13-14-21(27)33-22(28)18-9-11-19(12-10-18)31-15-17-7-5-4-6-8-17/h4-12,20H,13-16H2,1-3H3/t20-/m0/s1. The molecule has 0 saturated carbocycles. The van der Waals surface area contributed by atoms with Gasteiger partial charge in [-0.2, -0.15) is 0 Å². The summed E-state index contributed by atoms with van der Waals surface area (Å²) < 4.78 is 20.7. The average molecular weight is 469 g/mol. The van der Waals surface area contributed by atoms with Crippen LogP contribution < -0.4 is 4.74 Å². The van der Waals surface area contributed by atoms with Crippen LogP contribution in [0, 0.1) is 0 Å². The van der Waals surface area contributed by atoms with E-state index in [-0.39, 0.29) is 25.1 Å². The van der Waals surface area contributed by atoms with Gasteiger partial charge in [-0.3, -0.25) is 9.69 Å². The summed E-state index contributed by atoms with van der Waals surface area (Å²) in [6.45, 7) is 5.22. The van der Waals surface area contributed by atoms with Crippen LogP contribution >= 0.6 is 0 Å². The van der Waals surface area contributed by atoms with E-state index >= 15 is 0 Å². The van der Waals surface area contributed by atoms with Gasteiger partial charge in [0.2, 0.25) is 0 Å². The Bertz CT molecular complexity index is 1030. The van der Waals surface area contributed by atoms with Crippen LogP contribution in [0.3, 0.4) is 0 Å². The minimum Gasteiger partial charge on any atom is -0.489 e. The zero-order valence-corrected chi connectivity index (χ0v) is 19.3. The van der Waals surface area contributed by atoms with Gasteiger partial charge in [-0.25, -0.2) is 14.4 Å². The zero-order valence-electron chi connectivity index (χ0n) is 19.3. The topological polar surface area (TPSA) is 108 Å². The molecule has 1 atom stereocenters. The molecular weight excluding hydrogens is 442 g/mol. The molecule has 3 rings (SSSR count). The summed E-state index contributed by atoms with van der Waals surface area (Å²) in [5.74, 6) is -1.72. The van der Waals surface area contributed by atoms with E-state index in [1.54, 1.807) is 32.9 Å². The number of nitrogens with zero attached hydrogens (tertiary/aromatic N) is 1. The fraction of sp³-hybridized carbons (Fsp3) is 0.360. The first-order chi connectivity index (χ1) is 16.1. The van der Waals surface area contributed by atoms with Gasteiger partial charge >= 0.3 is 24.0 Å². The van der Waals surface area contributed by atoms with Crippen molar-refractivity contribution in [3.63, 3.8) is 0 Å². The highest BCUT2D eigenvalue weighted by atomic mass is 16.6. The Morgan fingerprint density at radius 1 is 1.03 bits per heavy atom. The molecule has 2 aromatic carbocycles. The second-order valence-electron chi connectivity index (χ2n) is 8.66. The van der Waals surface area contributed by atoms with Crippen LogP contribution in [-0.4, -0.2) is 47.3 Å². The van der Waals surface area contributed by atoms with Crippen LogP contribution in [0.1, 0.15) is 49.5 Å². The number of hydrogen-bond acceptors (Lipinski definition) is 8. The van der Waals surface area contributed by atoms with Crippen molar-refractivity contribution in [1.82, 2.24) is 4.90 Å². The van der Waals surface area contributed by atoms with E-state index in [2.05, 4.69) is 0 Å². The van der Waals surface area contributed by atoms with E-state index in [0.29, 0.717) is 12.4 Å². The van der Waals surface area contributed by atoms with Gasteiger partial charge in [-0.1, -0.05) is 30.3 Å². The Morgan fingerprint density at radius 2 is 1.71 bits per heavy atom. The molecule has 0 aromatic heterocycles. The first kappa shape index (κ1) is 24.8. The molecule has 2 aromatic rings. The molecule has 0 unspecified atom stereocenters. The SMILES string of the molecule is CC(C)(C)OC(=O)N1COC(=O)[C@@H]1CCC(=O)OC(=O)c1ccc(OCc2ccccc2)cc1. The van der Waals surface area contributed by atoms with E-state index in [1.165, 1.54) is 12.1 Å². The lowest BCUT2D eigenvalue weighted by Crippen LogP contribution is -2.41. The molecule has 1 saturated heterocycles. The summed E-state index contributed by atoms with van der Waals surface area (Å²) in [7, 11) is 0. The Kier molecular flexibility index (Phi) is 7.88. The number of carbonyl (C=O) groups excluding carboxylic acids is 4. The maximum atomic E-state index is 12.3. The van der Waals surface area contributed by atoms with Gasteiger partial charge in [0.25, 0.3) is 0 Å². The Labute approximate surface area is 197 Å². The fourth-order valence-electron chi connectivity index (χ4n) is 3.12. The number of esters is 3. The molecule has 9 nitrogen and oxygen atoms in total.